The molecule has 0 saturated carbocycles. The summed E-state index contributed by atoms with van der Waals surface area (Å²) in [6.45, 7) is 1.99. The van der Waals surface area contributed by atoms with Gasteiger partial charge in [-0.15, -0.1) is 11.8 Å². The van der Waals surface area contributed by atoms with Crippen LogP contribution in [0.1, 0.15) is 37.8 Å². The molecule has 1 fully saturated rings. The second-order valence-corrected chi connectivity index (χ2v) is 7.56. The molecule has 2 amide bonds. The maximum Gasteiger partial charge on any atom is 0.254 e. The number of rotatable bonds is 2. The van der Waals surface area contributed by atoms with Gasteiger partial charge in [0.1, 0.15) is 5.82 Å². The first kappa shape index (κ1) is 17.2. The van der Waals surface area contributed by atoms with Gasteiger partial charge in [0.05, 0.1) is 12.6 Å². The fraction of sp³-hybridized carbons (Fsp3) is 0.529. The summed E-state index contributed by atoms with van der Waals surface area (Å²) in [5.41, 5.74) is -0.829. The van der Waals surface area contributed by atoms with Crippen LogP contribution in [-0.4, -0.2) is 46.3 Å². The average molecular weight is 352 g/mol. The lowest BCUT2D eigenvalue weighted by Crippen LogP contribution is -2.58. The van der Waals surface area contributed by atoms with E-state index in [0.29, 0.717) is 25.8 Å². The summed E-state index contributed by atoms with van der Waals surface area (Å²) in [6.07, 6.45) is 1.58. The summed E-state index contributed by atoms with van der Waals surface area (Å²) in [5, 5.41) is 13.6. The molecule has 0 aliphatic carbocycles. The van der Waals surface area contributed by atoms with E-state index in [1.165, 1.54) is 24.0 Å². The predicted octanol–water partition coefficient (Wildman–Crippen LogP) is 1.85. The number of halogens is 1. The molecule has 2 atom stereocenters. The van der Waals surface area contributed by atoms with Crippen LogP contribution in [0.5, 0.6) is 0 Å². The second kappa shape index (κ2) is 6.72. The van der Waals surface area contributed by atoms with Gasteiger partial charge in [-0.2, -0.15) is 0 Å². The number of nitrogens with one attached hydrogen (secondary N) is 1. The van der Waals surface area contributed by atoms with Crippen molar-refractivity contribution in [1.82, 2.24) is 10.2 Å². The van der Waals surface area contributed by atoms with Gasteiger partial charge in [0.25, 0.3) is 5.91 Å². The van der Waals surface area contributed by atoms with Gasteiger partial charge in [-0.05, 0) is 43.0 Å². The highest BCUT2D eigenvalue weighted by Crippen LogP contribution is 2.37. The third-order valence-corrected chi connectivity index (χ3v) is 5.78. The lowest BCUT2D eigenvalue weighted by molar-refractivity contribution is -0.151. The van der Waals surface area contributed by atoms with Gasteiger partial charge >= 0.3 is 0 Å². The normalized spacial score (nSPS) is 26.6. The van der Waals surface area contributed by atoms with Gasteiger partial charge in [-0.3, -0.25) is 9.59 Å². The van der Waals surface area contributed by atoms with E-state index in [1.807, 2.05) is 0 Å². The van der Waals surface area contributed by atoms with E-state index in [2.05, 4.69) is 5.32 Å². The van der Waals surface area contributed by atoms with Crippen LogP contribution in [0, 0.1) is 5.82 Å². The molecule has 7 heteroatoms. The van der Waals surface area contributed by atoms with Gasteiger partial charge in [0.2, 0.25) is 5.91 Å². The SMILES string of the molecule is CC(=O)N1CCCC(O)(C(=O)NC2CCSc3ccc(F)cc32)C1. The summed E-state index contributed by atoms with van der Waals surface area (Å²) >= 11 is 1.63. The van der Waals surface area contributed by atoms with E-state index in [4.69, 9.17) is 0 Å². The van der Waals surface area contributed by atoms with E-state index in [-0.39, 0.29) is 24.3 Å². The van der Waals surface area contributed by atoms with Crippen molar-refractivity contribution in [2.24, 2.45) is 0 Å². The Labute approximate surface area is 144 Å². The zero-order valence-electron chi connectivity index (χ0n) is 13.5. The van der Waals surface area contributed by atoms with E-state index in [9.17, 15) is 19.1 Å². The molecule has 2 unspecified atom stereocenters. The maximum atomic E-state index is 13.6. The van der Waals surface area contributed by atoms with Crippen molar-refractivity contribution < 1.29 is 19.1 Å². The quantitative estimate of drug-likeness (QED) is 0.852. The second-order valence-electron chi connectivity index (χ2n) is 6.42. The number of piperidine rings is 1. The van der Waals surface area contributed by atoms with Gasteiger partial charge < -0.3 is 15.3 Å². The highest BCUT2D eigenvalue weighted by atomic mass is 32.2. The topological polar surface area (TPSA) is 69.6 Å². The number of hydrogen-bond donors (Lipinski definition) is 2. The molecule has 5 nitrogen and oxygen atoms in total. The Balaban J connectivity index is 1.76. The molecular weight excluding hydrogens is 331 g/mol. The smallest absolute Gasteiger partial charge is 0.254 e. The molecule has 1 aromatic rings. The lowest BCUT2D eigenvalue weighted by Gasteiger charge is -2.39. The Bertz CT molecular complexity index is 669. The van der Waals surface area contributed by atoms with Crippen molar-refractivity contribution in [3.8, 4) is 0 Å². The molecule has 2 aliphatic rings. The Morgan fingerprint density at radius 1 is 1.46 bits per heavy atom. The number of benzene rings is 1. The summed E-state index contributed by atoms with van der Waals surface area (Å²) < 4.78 is 13.6. The summed E-state index contributed by atoms with van der Waals surface area (Å²) in [6, 6.07) is 4.26. The first-order chi connectivity index (χ1) is 11.4. The summed E-state index contributed by atoms with van der Waals surface area (Å²) in [4.78, 5) is 26.6. The molecule has 24 heavy (non-hydrogen) atoms. The van der Waals surface area contributed by atoms with Crippen molar-refractivity contribution in [2.75, 3.05) is 18.8 Å². The number of nitrogens with zero attached hydrogens (tertiary/aromatic N) is 1. The van der Waals surface area contributed by atoms with Crippen LogP contribution in [0.4, 0.5) is 4.39 Å². The van der Waals surface area contributed by atoms with Crippen LogP contribution >= 0.6 is 11.8 Å². The van der Waals surface area contributed by atoms with Crippen molar-refractivity contribution in [1.29, 1.82) is 0 Å². The van der Waals surface area contributed by atoms with Gasteiger partial charge in [-0.25, -0.2) is 4.39 Å². The maximum absolute atomic E-state index is 13.6. The lowest BCUT2D eigenvalue weighted by atomic mass is 9.91. The van der Waals surface area contributed by atoms with Crippen molar-refractivity contribution in [2.45, 2.75) is 42.7 Å². The van der Waals surface area contributed by atoms with Crippen molar-refractivity contribution in [3.05, 3.63) is 29.6 Å². The number of likely N-dealkylation sites (tertiary alicyclic amines) is 1. The zero-order valence-corrected chi connectivity index (χ0v) is 14.4. The van der Waals surface area contributed by atoms with Crippen LogP contribution in [0.3, 0.4) is 0 Å². The summed E-state index contributed by atoms with van der Waals surface area (Å²) in [7, 11) is 0. The van der Waals surface area contributed by atoms with Gasteiger partial charge in [-0.1, -0.05) is 0 Å². The summed E-state index contributed by atoms with van der Waals surface area (Å²) in [5.74, 6) is -0.153. The van der Waals surface area contributed by atoms with Gasteiger partial charge in [0, 0.05) is 24.1 Å². The molecule has 2 N–H and O–H groups in total. The molecule has 0 bridgehead atoms. The molecule has 2 heterocycles. The van der Waals surface area contributed by atoms with Gasteiger partial charge in [0.15, 0.2) is 5.60 Å². The van der Waals surface area contributed by atoms with Crippen molar-refractivity contribution in [3.63, 3.8) is 0 Å². The molecule has 3 rings (SSSR count). The number of thioether (sulfide) groups is 1. The Hall–Kier alpha value is -1.60. The van der Waals surface area contributed by atoms with Crippen LogP contribution in [-0.2, 0) is 9.59 Å². The molecule has 1 saturated heterocycles. The minimum atomic E-state index is -1.58. The molecule has 1 aromatic carbocycles. The zero-order chi connectivity index (χ0) is 17.3. The highest BCUT2D eigenvalue weighted by molar-refractivity contribution is 7.99. The minimum Gasteiger partial charge on any atom is -0.378 e. The first-order valence-electron chi connectivity index (χ1n) is 8.10. The number of carbonyl (C=O) groups excluding carboxylic acids is 2. The number of fused-ring (bicyclic) bond motifs is 1. The van der Waals surface area contributed by atoms with Crippen LogP contribution in [0.25, 0.3) is 0 Å². The van der Waals surface area contributed by atoms with Crippen LogP contribution < -0.4 is 5.32 Å². The minimum absolute atomic E-state index is 0.00560. The van der Waals surface area contributed by atoms with Crippen LogP contribution in [0.15, 0.2) is 23.1 Å². The fourth-order valence-electron chi connectivity index (χ4n) is 3.30. The van der Waals surface area contributed by atoms with E-state index in [0.717, 1.165) is 16.2 Å². The van der Waals surface area contributed by atoms with E-state index in [1.54, 1.807) is 17.8 Å². The molecule has 0 spiro atoms. The third-order valence-electron chi connectivity index (χ3n) is 4.66. The van der Waals surface area contributed by atoms with E-state index < -0.39 is 11.5 Å². The number of aliphatic hydroxyl groups is 1. The number of amides is 2. The fourth-order valence-corrected chi connectivity index (χ4v) is 4.40. The Morgan fingerprint density at radius 3 is 3.00 bits per heavy atom. The Kier molecular flexibility index (Phi) is 4.83. The number of carbonyl (C=O) groups is 2. The third kappa shape index (κ3) is 3.42. The number of β-amino-alcohol motifs (C(OH)–C–C–N with tert-alkyl or cyclic N) is 1. The molecule has 0 radical (unpaired) electrons. The molecule has 0 aromatic heterocycles. The Morgan fingerprint density at radius 2 is 2.25 bits per heavy atom. The number of hydrogen-bond acceptors (Lipinski definition) is 4. The molecule has 2 aliphatic heterocycles. The largest absolute Gasteiger partial charge is 0.378 e. The van der Waals surface area contributed by atoms with E-state index >= 15 is 0 Å². The first-order valence-corrected chi connectivity index (χ1v) is 9.09. The van der Waals surface area contributed by atoms with Crippen molar-refractivity contribution >= 4 is 23.6 Å². The molecule has 130 valence electrons. The highest BCUT2D eigenvalue weighted by Gasteiger charge is 2.42. The standard InChI is InChI=1S/C17H21FN2O3S/c1-11(21)20-7-2-6-17(23,10-20)16(22)19-14-5-8-24-15-4-3-12(18)9-13(14)15/h3-4,9,14,23H,2,5-8,10H2,1H3,(H,19,22). The average Bonchev–Trinajstić information content (AvgIpc) is 2.55. The van der Waals surface area contributed by atoms with Crippen LogP contribution in [0.2, 0.25) is 0 Å². The predicted molar refractivity (Wildman–Crippen MR) is 89.1 cm³/mol. The molecular formula is C17H21FN2O3S. The monoisotopic (exact) mass is 352 g/mol.